The van der Waals surface area contributed by atoms with Crippen molar-refractivity contribution in [2.45, 2.75) is 20.8 Å². The molecule has 1 unspecified atom stereocenters. The number of esters is 2. The highest BCUT2D eigenvalue weighted by molar-refractivity contribution is 5.73. The average Bonchev–Trinajstić information content (AvgIpc) is 2.00. The standard InChI is InChI=1S/C8H14O4/c1-4-11-8(10)6(2)5-12-7(3)9/h6H,4-5H2,1-3H3. The quantitative estimate of drug-likeness (QED) is 0.590. The number of carbonyl (C=O) groups is 2. The van der Waals surface area contributed by atoms with E-state index in [9.17, 15) is 9.59 Å². The third-order valence-corrected chi connectivity index (χ3v) is 1.23. The fourth-order valence-corrected chi connectivity index (χ4v) is 0.595. The van der Waals surface area contributed by atoms with Gasteiger partial charge in [-0.25, -0.2) is 0 Å². The zero-order valence-electron chi connectivity index (χ0n) is 7.62. The molecule has 4 nitrogen and oxygen atoms in total. The average molecular weight is 174 g/mol. The van der Waals surface area contributed by atoms with Gasteiger partial charge in [-0.1, -0.05) is 0 Å². The van der Waals surface area contributed by atoms with Crippen LogP contribution >= 0.6 is 0 Å². The molecule has 0 spiro atoms. The monoisotopic (exact) mass is 174 g/mol. The van der Waals surface area contributed by atoms with E-state index in [1.165, 1.54) is 6.92 Å². The Morgan fingerprint density at radius 3 is 2.33 bits per heavy atom. The maximum absolute atomic E-state index is 10.9. The number of hydrogen-bond donors (Lipinski definition) is 0. The molecule has 0 fully saturated rings. The molecule has 0 heterocycles. The molecule has 0 aliphatic carbocycles. The minimum absolute atomic E-state index is 0.0914. The predicted octanol–water partition coefficient (Wildman–Crippen LogP) is 0.749. The molecular weight excluding hydrogens is 160 g/mol. The lowest BCUT2D eigenvalue weighted by molar-refractivity contribution is -0.152. The third kappa shape index (κ3) is 4.71. The molecule has 0 saturated carbocycles. The van der Waals surface area contributed by atoms with Gasteiger partial charge < -0.3 is 9.47 Å². The molecule has 0 amide bonds. The molecule has 0 aromatic heterocycles. The van der Waals surface area contributed by atoms with Crippen LogP contribution in [-0.4, -0.2) is 25.2 Å². The van der Waals surface area contributed by atoms with E-state index in [1.807, 2.05) is 0 Å². The Kier molecular flexibility index (Phi) is 5.08. The molecule has 0 aliphatic rings. The summed E-state index contributed by atoms with van der Waals surface area (Å²) in [6.07, 6.45) is 0. The van der Waals surface area contributed by atoms with Crippen LogP contribution in [0.2, 0.25) is 0 Å². The van der Waals surface area contributed by atoms with Gasteiger partial charge >= 0.3 is 11.9 Å². The van der Waals surface area contributed by atoms with Crippen LogP contribution in [0.15, 0.2) is 0 Å². The van der Waals surface area contributed by atoms with E-state index < -0.39 is 0 Å². The fraction of sp³-hybridized carbons (Fsp3) is 0.750. The molecule has 0 aromatic rings. The Morgan fingerprint density at radius 2 is 1.92 bits per heavy atom. The number of rotatable bonds is 4. The topological polar surface area (TPSA) is 52.6 Å². The first-order valence-electron chi connectivity index (χ1n) is 3.88. The molecule has 0 saturated heterocycles. The Balaban J connectivity index is 3.63. The second-order valence-electron chi connectivity index (χ2n) is 2.46. The summed E-state index contributed by atoms with van der Waals surface area (Å²) in [5, 5.41) is 0. The lowest BCUT2D eigenvalue weighted by atomic mass is 10.2. The van der Waals surface area contributed by atoms with Crippen molar-refractivity contribution in [3.8, 4) is 0 Å². The highest BCUT2D eigenvalue weighted by Gasteiger charge is 2.14. The van der Waals surface area contributed by atoms with Gasteiger partial charge in [0.05, 0.1) is 12.5 Å². The van der Waals surface area contributed by atoms with E-state index in [2.05, 4.69) is 4.74 Å². The third-order valence-electron chi connectivity index (χ3n) is 1.23. The van der Waals surface area contributed by atoms with Crippen molar-refractivity contribution in [2.75, 3.05) is 13.2 Å². The predicted molar refractivity (Wildman–Crippen MR) is 42.4 cm³/mol. The van der Waals surface area contributed by atoms with Gasteiger partial charge in [0, 0.05) is 6.92 Å². The van der Waals surface area contributed by atoms with Gasteiger partial charge in [-0.2, -0.15) is 0 Å². The largest absolute Gasteiger partial charge is 0.466 e. The highest BCUT2D eigenvalue weighted by atomic mass is 16.5. The lowest BCUT2D eigenvalue weighted by Gasteiger charge is -2.09. The Morgan fingerprint density at radius 1 is 1.33 bits per heavy atom. The van der Waals surface area contributed by atoms with E-state index in [4.69, 9.17) is 4.74 Å². The molecule has 0 bridgehead atoms. The van der Waals surface area contributed by atoms with Gasteiger partial charge in [0.25, 0.3) is 0 Å². The summed E-state index contributed by atoms with van der Waals surface area (Å²) in [5.41, 5.74) is 0. The van der Waals surface area contributed by atoms with Crippen molar-refractivity contribution in [1.82, 2.24) is 0 Å². The first-order valence-corrected chi connectivity index (χ1v) is 3.88. The summed E-state index contributed by atoms with van der Waals surface area (Å²) >= 11 is 0. The van der Waals surface area contributed by atoms with Crippen LogP contribution in [0.1, 0.15) is 20.8 Å². The van der Waals surface area contributed by atoms with E-state index >= 15 is 0 Å². The number of hydrogen-bond acceptors (Lipinski definition) is 4. The minimum Gasteiger partial charge on any atom is -0.466 e. The summed E-state index contributed by atoms with van der Waals surface area (Å²) in [5.74, 6) is -1.10. The smallest absolute Gasteiger partial charge is 0.312 e. The van der Waals surface area contributed by atoms with Gasteiger partial charge in [0.15, 0.2) is 0 Å². The first kappa shape index (κ1) is 10.9. The van der Waals surface area contributed by atoms with Crippen LogP contribution < -0.4 is 0 Å². The van der Waals surface area contributed by atoms with Crippen molar-refractivity contribution < 1.29 is 19.1 Å². The molecule has 0 rings (SSSR count). The molecule has 4 heteroatoms. The second-order valence-corrected chi connectivity index (χ2v) is 2.46. The first-order chi connectivity index (χ1) is 5.57. The Hall–Kier alpha value is -1.06. The highest BCUT2D eigenvalue weighted by Crippen LogP contribution is 1.99. The molecule has 70 valence electrons. The zero-order valence-corrected chi connectivity index (χ0v) is 7.62. The molecule has 1 atom stereocenters. The molecular formula is C8H14O4. The molecule has 12 heavy (non-hydrogen) atoms. The summed E-state index contributed by atoms with van der Waals surface area (Å²) in [7, 11) is 0. The lowest BCUT2D eigenvalue weighted by Crippen LogP contribution is -2.20. The van der Waals surface area contributed by atoms with E-state index in [-0.39, 0.29) is 24.5 Å². The van der Waals surface area contributed by atoms with E-state index in [0.29, 0.717) is 6.61 Å². The van der Waals surface area contributed by atoms with Gasteiger partial charge in [-0.05, 0) is 13.8 Å². The second kappa shape index (κ2) is 5.57. The number of ether oxygens (including phenoxy) is 2. The van der Waals surface area contributed by atoms with Crippen LogP contribution in [-0.2, 0) is 19.1 Å². The summed E-state index contributed by atoms with van der Waals surface area (Å²) < 4.78 is 9.34. The molecule has 0 N–H and O–H groups in total. The maximum Gasteiger partial charge on any atom is 0.312 e. The summed E-state index contributed by atoms with van der Waals surface area (Å²) in [6, 6.07) is 0. The van der Waals surface area contributed by atoms with Gasteiger partial charge in [-0.15, -0.1) is 0 Å². The van der Waals surface area contributed by atoms with Crippen LogP contribution in [0.25, 0.3) is 0 Å². The SMILES string of the molecule is CCOC(=O)C(C)COC(C)=O. The van der Waals surface area contributed by atoms with Crippen molar-refractivity contribution in [3.05, 3.63) is 0 Å². The van der Waals surface area contributed by atoms with Crippen LogP contribution in [0.5, 0.6) is 0 Å². The molecule has 0 aromatic carbocycles. The van der Waals surface area contributed by atoms with Gasteiger partial charge in [-0.3, -0.25) is 9.59 Å². The van der Waals surface area contributed by atoms with Crippen molar-refractivity contribution in [1.29, 1.82) is 0 Å². The Labute approximate surface area is 71.8 Å². The summed E-state index contributed by atoms with van der Waals surface area (Å²) in [6.45, 7) is 5.13. The van der Waals surface area contributed by atoms with Crippen LogP contribution in [0, 0.1) is 5.92 Å². The fourth-order valence-electron chi connectivity index (χ4n) is 0.595. The zero-order chi connectivity index (χ0) is 9.56. The molecule has 0 aliphatic heterocycles. The maximum atomic E-state index is 10.9. The van der Waals surface area contributed by atoms with E-state index in [1.54, 1.807) is 13.8 Å². The normalized spacial score (nSPS) is 11.9. The van der Waals surface area contributed by atoms with Crippen molar-refractivity contribution in [3.63, 3.8) is 0 Å². The summed E-state index contributed by atoms with van der Waals surface area (Å²) in [4.78, 5) is 21.3. The van der Waals surface area contributed by atoms with E-state index in [0.717, 1.165) is 0 Å². The molecule has 0 radical (unpaired) electrons. The van der Waals surface area contributed by atoms with Crippen LogP contribution in [0.3, 0.4) is 0 Å². The van der Waals surface area contributed by atoms with Crippen molar-refractivity contribution in [2.24, 2.45) is 5.92 Å². The minimum atomic E-state index is -0.383. The van der Waals surface area contributed by atoms with Crippen molar-refractivity contribution >= 4 is 11.9 Å². The van der Waals surface area contributed by atoms with Gasteiger partial charge in [0.1, 0.15) is 6.61 Å². The number of carbonyl (C=O) groups excluding carboxylic acids is 2. The van der Waals surface area contributed by atoms with Crippen LogP contribution in [0.4, 0.5) is 0 Å². The van der Waals surface area contributed by atoms with Gasteiger partial charge in [0.2, 0.25) is 0 Å². The Bertz CT molecular complexity index is 164.